The SMILES string of the molecule is CN(C(=O)CN(CC(N)=O)c1ccc(Cl)c(Cl)c1)[C@@H](CN1CCCC1)c1ccc(-c2ccc(C(N)=O)cc2)cc1. The highest BCUT2D eigenvalue weighted by molar-refractivity contribution is 6.42. The summed E-state index contributed by atoms with van der Waals surface area (Å²) in [5, 5.41) is 0.705. The first-order chi connectivity index (χ1) is 19.1. The highest BCUT2D eigenvalue weighted by atomic mass is 35.5. The molecule has 1 aliphatic heterocycles. The van der Waals surface area contributed by atoms with E-state index in [0.717, 1.165) is 42.6 Å². The lowest BCUT2D eigenvalue weighted by atomic mass is 9.98. The summed E-state index contributed by atoms with van der Waals surface area (Å²) in [6, 6.07) is 20.0. The Balaban J connectivity index is 1.57. The Labute approximate surface area is 244 Å². The summed E-state index contributed by atoms with van der Waals surface area (Å²) in [6.07, 6.45) is 2.27. The zero-order valence-electron chi connectivity index (χ0n) is 22.4. The summed E-state index contributed by atoms with van der Waals surface area (Å²) in [6.45, 7) is 2.47. The Hall–Kier alpha value is -3.59. The zero-order chi connectivity index (χ0) is 28.8. The highest BCUT2D eigenvalue weighted by Gasteiger charge is 2.27. The third kappa shape index (κ3) is 7.33. The standard InChI is InChI=1S/C30H33Cl2N5O3/c1-35(29(39)19-37(18-28(33)38)24-12-13-25(31)26(32)16-24)27(17-36-14-2-3-15-36)22-8-4-20(5-9-22)21-6-10-23(11-7-21)30(34)40/h4-13,16,27H,2-3,14-15,17-19H2,1H3,(H2,33,38)(H2,34,40)/t27-/m0/s1. The van der Waals surface area contributed by atoms with Crippen LogP contribution in [0.3, 0.4) is 0 Å². The lowest BCUT2D eigenvalue weighted by Gasteiger charge is -2.34. The first-order valence-corrected chi connectivity index (χ1v) is 13.8. The maximum Gasteiger partial charge on any atom is 0.248 e. The van der Waals surface area contributed by atoms with Crippen LogP contribution in [0.5, 0.6) is 0 Å². The topological polar surface area (TPSA) is 113 Å². The minimum atomic E-state index is -0.561. The van der Waals surface area contributed by atoms with Crippen molar-refractivity contribution in [3.05, 3.63) is 87.9 Å². The maximum absolute atomic E-state index is 13.6. The van der Waals surface area contributed by atoms with Crippen LogP contribution in [-0.2, 0) is 9.59 Å². The molecule has 4 rings (SSSR count). The Morgan fingerprint density at radius 1 is 0.850 bits per heavy atom. The van der Waals surface area contributed by atoms with Crippen LogP contribution in [0.2, 0.25) is 10.0 Å². The number of hydrogen-bond acceptors (Lipinski definition) is 5. The molecule has 0 bridgehead atoms. The van der Waals surface area contributed by atoms with Crippen molar-refractivity contribution in [2.75, 3.05) is 44.7 Å². The van der Waals surface area contributed by atoms with Crippen molar-refractivity contribution in [3.8, 4) is 11.1 Å². The van der Waals surface area contributed by atoms with Gasteiger partial charge < -0.3 is 26.2 Å². The van der Waals surface area contributed by atoms with Crippen molar-refractivity contribution < 1.29 is 14.4 Å². The van der Waals surface area contributed by atoms with E-state index >= 15 is 0 Å². The Kier molecular flexibility index (Phi) is 9.68. The van der Waals surface area contributed by atoms with Crippen LogP contribution in [0.4, 0.5) is 5.69 Å². The van der Waals surface area contributed by atoms with Gasteiger partial charge in [-0.2, -0.15) is 0 Å². The van der Waals surface area contributed by atoms with Crippen LogP contribution >= 0.6 is 23.2 Å². The molecule has 8 nitrogen and oxygen atoms in total. The number of nitrogens with zero attached hydrogens (tertiary/aromatic N) is 3. The number of nitrogens with two attached hydrogens (primary N) is 2. The number of rotatable bonds is 11. The predicted octanol–water partition coefficient (Wildman–Crippen LogP) is 4.35. The van der Waals surface area contributed by atoms with E-state index in [-0.39, 0.29) is 25.0 Å². The number of carbonyl (C=O) groups is 3. The second-order valence-electron chi connectivity index (χ2n) is 10.0. The number of amides is 3. The van der Waals surface area contributed by atoms with Crippen molar-refractivity contribution in [1.82, 2.24) is 9.80 Å². The third-order valence-corrected chi connectivity index (χ3v) is 7.97. The molecule has 0 aromatic heterocycles. The molecule has 0 saturated carbocycles. The minimum Gasteiger partial charge on any atom is -0.368 e. The number of halogens is 2. The number of carbonyl (C=O) groups excluding carboxylic acids is 3. The molecule has 0 spiro atoms. The normalized spacial score (nSPS) is 14.1. The van der Waals surface area contributed by atoms with E-state index in [1.165, 1.54) is 0 Å². The van der Waals surface area contributed by atoms with Crippen LogP contribution in [0.15, 0.2) is 66.7 Å². The predicted molar refractivity (Wildman–Crippen MR) is 159 cm³/mol. The molecule has 0 radical (unpaired) electrons. The van der Waals surface area contributed by atoms with Crippen LogP contribution in [0.25, 0.3) is 11.1 Å². The second-order valence-corrected chi connectivity index (χ2v) is 10.8. The van der Waals surface area contributed by atoms with Gasteiger partial charge in [0, 0.05) is 24.8 Å². The second kappa shape index (κ2) is 13.2. The molecule has 1 atom stereocenters. The van der Waals surface area contributed by atoms with E-state index < -0.39 is 11.8 Å². The minimum absolute atomic E-state index is 0.0573. The number of likely N-dealkylation sites (tertiary alicyclic amines) is 1. The number of likely N-dealkylation sites (N-methyl/N-ethyl adjacent to an activating group) is 1. The Morgan fingerprint density at radius 2 is 1.45 bits per heavy atom. The van der Waals surface area contributed by atoms with Crippen molar-refractivity contribution in [2.45, 2.75) is 18.9 Å². The van der Waals surface area contributed by atoms with Crippen LogP contribution in [-0.4, -0.2) is 67.3 Å². The summed E-state index contributed by atoms with van der Waals surface area (Å²) >= 11 is 12.3. The fourth-order valence-electron chi connectivity index (χ4n) is 4.94. The molecule has 1 saturated heterocycles. The van der Waals surface area contributed by atoms with Gasteiger partial charge >= 0.3 is 0 Å². The molecule has 3 aromatic carbocycles. The zero-order valence-corrected chi connectivity index (χ0v) is 23.9. The van der Waals surface area contributed by atoms with Gasteiger partial charge in [-0.15, -0.1) is 0 Å². The van der Waals surface area contributed by atoms with E-state index in [0.29, 0.717) is 27.8 Å². The van der Waals surface area contributed by atoms with E-state index in [2.05, 4.69) is 4.90 Å². The molecule has 210 valence electrons. The van der Waals surface area contributed by atoms with Gasteiger partial charge in [-0.25, -0.2) is 0 Å². The quantitative estimate of drug-likeness (QED) is 0.349. The van der Waals surface area contributed by atoms with E-state index in [1.807, 2.05) is 36.4 Å². The van der Waals surface area contributed by atoms with Crippen molar-refractivity contribution >= 4 is 46.6 Å². The first-order valence-electron chi connectivity index (χ1n) is 13.1. The molecule has 0 unspecified atom stereocenters. The van der Waals surface area contributed by atoms with Crippen molar-refractivity contribution in [3.63, 3.8) is 0 Å². The maximum atomic E-state index is 13.6. The highest BCUT2D eigenvalue weighted by Crippen LogP contribution is 2.29. The summed E-state index contributed by atoms with van der Waals surface area (Å²) in [5.41, 5.74) is 14.8. The van der Waals surface area contributed by atoms with Gasteiger partial charge in [-0.05, 0) is 73.0 Å². The molecule has 0 aliphatic carbocycles. The van der Waals surface area contributed by atoms with Gasteiger partial charge in [-0.3, -0.25) is 14.4 Å². The van der Waals surface area contributed by atoms with Gasteiger partial charge in [-0.1, -0.05) is 59.6 Å². The molecule has 1 fully saturated rings. The lowest BCUT2D eigenvalue weighted by Crippen LogP contribution is -2.45. The monoisotopic (exact) mass is 581 g/mol. The molecule has 10 heteroatoms. The number of primary amides is 2. The summed E-state index contributed by atoms with van der Waals surface area (Å²) in [4.78, 5) is 42.6. The first kappa shape index (κ1) is 29.4. The average Bonchev–Trinajstić information content (AvgIpc) is 3.46. The van der Waals surface area contributed by atoms with Crippen LogP contribution in [0, 0.1) is 0 Å². The fourth-order valence-corrected chi connectivity index (χ4v) is 5.24. The van der Waals surface area contributed by atoms with E-state index in [4.69, 9.17) is 34.7 Å². The molecular weight excluding hydrogens is 549 g/mol. The molecule has 1 aliphatic rings. The van der Waals surface area contributed by atoms with Crippen LogP contribution in [0.1, 0.15) is 34.8 Å². The van der Waals surface area contributed by atoms with Gasteiger partial charge in [0.05, 0.1) is 29.2 Å². The third-order valence-electron chi connectivity index (χ3n) is 7.23. The number of hydrogen-bond donors (Lipinski definition) is 2. The lowest BCUT2D eigenvalue weighted by molar-refractivity contribution is -0.131. The molecule has 3 aromatic rings. The molecule has 1 heterocycles. The largest absolute Gasteiger partial charge is 0.368 e. The van der Waals surface area contributed by atoms with Gasteiger partial charge in [0.25, 0.3) is 0 Å². The van der Waals surface area contributed by atoms with E-state index in [1.54, 1.807) is 47.2 Å². The summed E-state index contributed by atoms with van der Waals surface area (Å²) in [7, 11) is 1.79. The average molecular weight is 583 g/mol. The van der Waals surface area contributed by atoms with Gasteiger partial charge in [0.1, 0.15) is 0 Å². The Bertz CT molecular complexity index is 1360. The molecule has 40 heavy (non-hydrogen) atoms. The molecular formula is C30H33Cl2N5O3. The van der Waals surface area contributed by atoms with Crippen molar-refractivity contribution in [1.29, 1.82) is 0 Å². The van der Waals surface area contributed by atoms with Crippen molar-refractivity contribution in [2.24, 2.45) is 11.5 Å². The van der Waals surface area contributed by atoms with Gasteiger partial charge in [0.2, 0.25) is 17.7 Å². The summed E-state index contributed by atoms with van der Waals surface area (Å²) in [5.74, 6) is -1.19. The number of anilines is 1. The Morgan fingerprint density at radius 3 is 2.00 bits per heavy atom. The smallest absolute Gasteiger partial charge is 0.248 e. The van der Waals surface area contributed by atoms with Gasteiger partial charge in [0.15, 0.2) is 0 Å². The number of benzene rings is 3. The van der Waals surface area contributed by atoms with E-state index in [9.17, 15) is 14.4 Å². The molecule has 4 N–H and O–H groups in total. The summed E-state index contributed by atoms with van der Waals surface area (Å²) < 4.78 is 0. The van der Waals surface area contributed by atoms with Crippen LogP contribution < -0.4 is 16.4 Å². The molecule has 3 amide bonds. The fraction of sp³-hybridized carbons (Fsp3) is 0.300.